The zero-order valence-electron chi connectivity index (χ0n) is 4.90. The Morgan fingerprint density at radius 3 is 2.00 bits per heavy atom. The van der Waals surface area contributed by atoms with Crippen LogP contribution in [0.5, 0.6) is 0 Å². The van der Waals surface area contributed by atoms with Gasteiger partial charge in [0.05, 0.1) is 6.54 Å². The quantitative estimate of drug-likeness (QED) is 0.272. The van der Waals surface area contributed by atoms with E-state index < -0.39 is 6.03 Å². The van der Waals surface area contributed by atoms with Crippen molar-refractivity contribution in [3.8, 4) is 0 Å². The van der Waals surface area contributed by atoms with Gasteiger partial charge in [0.15, 0.2) is 0 Å². The molecule has 46 valence electrons. The summed E-state index contributed by atoms with van der Waals surface area (Å²) in [5.41, 5.74) is 0. The molecular formula is C3H4ClN2NaO2. The van der Waals surface area contributed by atoms with E-state index in [1.807, 2.05) is 5.32 Å². The Morgan fingerprint density at radius 2 is 1.89 bits per heavy atom. The van der Waals surface area contributed by atoms with Gasteiger partial charge in [-0.1, -0.05) is 0 Å². The van der Waals surface area contributed by atoms with Crippen LogP contribution in [0.1, 0.15) is 0 Å². The molecule has 4 nitrogen and oxygen atoms in total. The van der Waals surface area contributed by atoms with Crippen LogP contribution in [0.2, 0.25) is 0 Å². The SMILES string of the molecule is O=C1CNC(=O)N1.[Cl-].[Na+]. The van der Waals surface area contributed by atoms with Crippen LogP contribution in [0.3, 0.4) is 0 Å². The van der Waals surface area contributed by atoms with Gasteiger partial charge < -0.3 is 17.7 Å². The molecule has 0 aromatic rings. The number of imide groups is 1. The van der Waals surface area contributed by atoms with Crippen LogP contribution in [0.4, 0.5) is 4.79 Å². The number of halogens is 1. The zero-order valence-corrected chi connectivity index (χ0v) is 7.66. The van der Waals surface area contributed by atoms with E-state index in [2.05, 4.69) is 5.32 Å². The molecule has 1 aliphatic rings. The summed E-state index contributed by atoms with van der Waals surface area (Å²) in [6.45, 7) is 0.124. The fourth-order valence-electron chi connectivity index (χ4n) is 0.376. The molecule has 0 radical (unpaired) electrons. The number of hydrogen-bond donors (Lipinski definition) is 2. The molecule has 3 amide bonds. The van der Waals surface area contributed by atoms with E-state index in [4.69, 9.17) is 0 Å². The zero-order chi connectivity index (χ0) is 5.28. The Kier molecular flexibility index (Phi) is 6.71. The summed E-state index contributed by atoms with van der Waals surface area (Å²) in [6, 6.07) is -0.398. The molecule has 0 atom stereocenters. The van der Waals surface area contributed by atoms with E-state index in [0.717, 1.165) is 0 Å². The molecular weight excluding hydrogens is 154 g/mol. The fraction of sp³-hybridized carbons (Fsp3) is 0.333. The summed E-state index contributed by atoms with van der Waals surface area (Å²) in [5.74, 6) is -0.259. The van der Waals surface area contributed by atoms with Crippen molar-refractivity contribution in [2.75, 3.05) is 6.54 Å². The second kappa shape index (κ2) is 5.05. The van der Waals surface area contributed by atoms with Crippen LogP contribution >= 0.6 is 0 Å². The third-order valence-corrected chi connectivity index (χ3v) is 0.662. The van der Waals surface area contributed by atoms with Gasteiger partial charge >= 0.3 is 35.6 Å². The predicted molar refractivity (Wildman–Crippen MR) is 21.5 cm³/mol. The molecule has 1 aliphatic heterocycles. The van der Waals surface area contributed by atoms with Crippen LogP contribution in [-0.4, -0.2) is 18.5 Å². The van der Waals surface area contributed by atoms with E-state index in [-0.39, 0.29) is 54.4 Å². The van der Waals surface area contributed by atoms with Crippen molar-refractivity contribution >= 4 is 11.9 Å². The van der Waals surface area contributed by atoms with Crippen LogP contribution in [0.15, 0.2) is 0 Å². The maximum atomic E-state index is 10.1. The molecule has 1 fully saturated rings. The first kappa shape index (κ1) is 12.0. The van der Waals surface area contributed by atoms with Crippen LogP contribution in [-0.2, 0) is 4.79 Å². The molecule has 0 saturated carbocycles. The second-order valence-corrected chi connectivity index (χ2v) is 1.23. The van der Waals surface area contributed by atoms with Gasteiger partial charge in [-0.05, 0) is 0 Å². The largest absolute Gasteiger partial charge is 1.00 e. The van der Waals surface area contributed by atoms with Gasteiger partial charge in [0, 0.05) is 0 Å². The first-order valence-corrected chi connectivity index (χ1v) is 1.87. The fourth-order valence-corrected chi connectivity index (χ4v) is 0.376. The number of carbonyl (C=O) groups excluding carboxylic acids is 2. The average molecular weight is 159 g/mol. The summed E-state index contributed by atoms with van der Waals surface area (Å²) in [6.07, 6.45) is 0. The van der Waals surface area contributed by atoms with Crippen LogP contribution < -0.4 is 52.6 Å². The smallest absolute Gasteiger partial charge is 1.00 e. The topological polar surface area (TPSA) is 58.2 Å². The normalized spacial score (nSPS) is 14.7. The number of amides is 3. The first-order valence-electron chi connectivity index (χ1n) is 1.87. The molecule has 6 heteroatoms. The van der Waals surface area contributed by atoms with Crippen molar-refractivity contribution in [1.29, 1.82) is 0 Å². The number of rotatable bonds is 0. The molecule has 1 rings (SSSR count). The Balaban J connectivity index is 0. The minimum atomic E-state index is -0.398. The summed E-state index contributed by atoms with van der Waals surface area (Å²) in [7, 11) is 0. The number of carbonyl (C=O) groups is 2. The van der Waals surface area contributed by atoms with E-state index in [0.29, 0.717) is 0 Å². The van der Waals surface area contributed by atoms with Gasteiger partial charge in [-0.15, -0.1) is 0 Å². The third-order valence-electron chi connectivity index (χ3n) is 0.662. The summed E-state index contributed by atoms with van der Waals surface area (Å²) in [4.78, 5) is 20.1. The minimum Gasteiger partial charge on any atom is -1.00 e. The molecule has 1 heterocycles. The average Bonchev–Trinajstić information content (AvgIpc) is 1.87. The maximum absolute atomic E-state index is 10.1. The van der Waals surface area contributed by atoms with Gasteiger partial charge in [-0.3, -0.25) is 10.1 Å². The van der Waals surface area contributed by atoms with E-state index in [9.17, 15) is 9.59 Å². The molecule has 0 spiro atoms. The van der Waals surface area contributed by atoms with Crippen molar-refractivity contribution in [2.24, 2.45) is 0 Å². The standard InChI is InChI=1S/C3H4N2O2.ClH.Na/c6-2-1-4-3(7)5-2;;/h1H2,(H2,4,5,6,7);1H;/q;;+1/p-1. The number of hydrogen-bond acceptors (Lipinski definition) is 2. The summed E-state index contributed by atoms with van der Waals surface area (Å²) >= 11 is 0. The van der Waals surface area contributed by atoms with Crippen LogP contribution in [0.25, 0.3) is 0 Å². The second-order valence-electron chi connectivity index (χ2n) is 1.23. The van der Waals surface area contributed by atoms with Crippen molar-refractivity contribution in [3.05, 3.63) is 0 Å². The van der Waals surface area contributed by atoms with Gasteiger partial charge in [0.25, 0.3) is 0 Å². The third kappa shape index (κ3) is 3.75. The van der Waals surface area contributed by atoms with E-state index in [1.165, 1.54) is 0 Å². The van der Waals surface area contributed by atoms with E-state index in [1.54, 1.807) is 0 Å². The molecule has 9 heavy (non-hydrogen) atoms. The molecule has 0 unspecified atom stereocenters. The van der Waals surface area contributed by atoms with Crippen molar-refractivity contribution in [1.82, 2.24) is 10.6 Å². The monoisotopic (exact) mass is 158 g/mol. The first-order chi connectivity index (χ1) is 3.29. The van der Waals surface area contributed by atoms with Crippen molar-refractivity contribution < 1.29 is 51.6 Å². The Morgan fingerprint density at radius 1 is 1.33 bits per heavy atom. The summed E-state index contributed by atoms with van der Waals surface area (Å²) in [5, 5.41) is 4.30. The molecule has 1 saturated heterocycles. The number of urea groups is 1. The van der Waals surface area contributed by atoms with Gasteiger partial charge in [0.1, 0.15) is 0 Å². The molecule has 2 N–H and O–H groups in total. The number of nitrogens with one attached hydrogen (secondary N) is 2. The molecule has 0 aromatic carbocycles. The van der Waals surface area contributed by atoms with E-state index >= 15 is 0 Å². The molecule has 0 aromatic heterocycles. The molecule has 0 bridgehead atoms. The summed E-state index contributed by atoms with van der Waals surface area (Å²) < 4.78 is 0. The van der Waals surface area contributed by atoms with Gasteiger partial charge in [0.2, 0.25) is 5.91 Å². The van der Waals surface area contributed by atoms with Gasteiger partial charge in [-0.25, -0.2) is 4.79 Å². The van der Waals surface area contributed by atoms with Crippen molar-refractivity contribution in [2.45, 2.75) is 0 Å². The van der Waals surface area contributed by atoms with Crippen molar-refractivity contribution in [3.63, 3.8) is 0 Å². The Labute approximate surface area is 80.5 Å². The van der Waals surface area contributed by atoms with Gasteiger partial charge in [-0.2, -0.15) is 0 Å². The Hall–Kier alpha value is 0.230. The van der Waals surface area contributed by atoms with Crippen LogP contribution in [0, 0.1) is 0 Å². The predicted octanol–water partition coefficient (Wildman–Crippen LogP) is -7.17. The molecule has 0 aliphatic carbocycles. The maximum Gasteiger partial charge on any atom is 1.00 e. The minimum absolute atomic E-state index is 0. The Bertz CT molecular complexity index is 115.